The fraction of sp³-hybridized carbons (Fsp3) is 0.409. The Morgan fingerprint density at radius 2 is 1.52 bits per heavy atom. The van der Waals surface area contributed by atoms with E-state index in [-0.39, 0.29) is 7.92 Å². The lowest BCUT2D eigenvalue weighted by Crippen LogP contribution is -2.30. The molecule has 2 aromatic carbocycles. The SMILES string of the molecule is C[C@@H](N=CN(C)C)[C@@H]1CCCC1P(c1ccccc1)c1ccccc1. The minimum atomic E-state index is -0.337. The number of hydrogen-bond acceptors (Lipinski definition) is 1. The fourth-order valence-electron chi connectivity index (χ4n) is 3.91. The van der Waals surface area contributed by atoms with Crippen LogP contribution in [0.3, 0.4) is 0 Å². The Morgan fingerprint density at radius 3 is 2.04 bits per heavy atom. The first-order valence-electron chi connectivity index (χ1n) is 9.26. The van der Waals surface area contributed by atoms with Crippen LogP contribution in [-0.2, 0) is 0 Å². The average Bonchev–Trinajstić information content (AvgIpc) is 3.11. The van der Waals surface area contributed by atoms with Gasteiger partial charge >= 0.3 is 0 Å². The van der Waals surface area contributed by atoms with E-state index >= 15 is 0 Å². The van der Waals surface area contributed by atoms with E-state index in [9.17, 15) is 0 Å². The third-order valence-electron chi connectivity index (χ3n) is 5.08. The Bertz CT molecular complexity index is 629. The molecule has 0 spiro atoms. The molecule has 0 aromatic heterocycles. The molecule has 2 aromatic rings. The second-order valence-electron chi connectivity index (χ2n) is 7.17. The van der Waals surface area contributed by atoms with Crippen LogP contribution in [-0.4, -0.2) is 37.0 Å². The first-order valence-corrected chi connectivity index (χ1v) is 10.7. The third kappa shape index (κ3) is 4.50. The summed E-state index contributed by atoms with van der Waals surface area (Å²) in [4.78, 5) is 6.88. The molecule has 1 saturated carbocycles. The van der Waals surface area contributed by atoms with Crippen LogP contribution in [0, 0.1) is 5.92 Å². The maximum atomic E-state index is 4.84. The number of aliphatic imine (C=N–C) groups is 1. The van der Waals surface area contributed by atoms with Gasteiger partial charge < -0.3 is 4.90 Å². The predicted molar refractivity (Wildman–Crippen MR) is 112 cm³/mol. The molecule has 1 fully saturated rings. The number of hydrogen-bond donors (Lipinski definition) is 0. The van der Waals surface area contributed by atoms with Crippen LogP contribution >= 0.6 is 7.92 Å². The first-order chi connectivity index (χ1) is 12.2. The highest BCUT2D eigenvalue weighted by Gasteiger charge is 2.37. The largest absolute Gasteiger partial charge is 0.369 e. The Kier molecular flexibility index (Phi) is 6.26. The Morgan fingerprint density at radius 1 is 0.960 bits per heavy atom. The highest BCUT2D eigenvalue weighted by atomic mass is 31.1. The summed E-state index contributed by atoms with van der Waals surface area (Å²) < 4.78 is 0. The topological polar surface area (TPSA) is 15.6 Å². The van der Waals surface area contributed by atoms with Crippen LogP contribution in [0.5, 0.6) is 0 Å². The van der Waals surface area contributed by atoms with Crippen molar-refractivity contribution in [3.8, 4) is 0 Å². The van der Waals surface area contributed by atoms with Crippen molar-refractivity contribution < 1.29 is 0 Å². The molecule has 0 saturated heterocycles. The molecule has 3 rings (SSSR count). The number of rotatable bonds is 6. The van der Waals surface area contributed by atoms with Gasteiger partial charge in [0.2, 0.25) is 0 Å². The molecule has 1 aliphatic rings. The predicted octanol–water partition coefficient (Wildman–Crippen LogP) is 4.27. The summed E-state index contributed by atoms with van der Waals surface area (Å²) in [5.74, 6) is 0.669. The minimum Gasteiger partial charge on any atom is -0.369 e. The van der Waals surface area contributed by atoms with Crippen molar-refractivity contribution in [2.75, 3.05) is 14.1 Å². The lowest BCUT2D eigenvalue weighted by atomic mass is 10.00. The van der Waals surface area contributed by atoms with Gasteiger partial charge in [-0.2, -0.15) is 0 Å². The van der Waals surface area contributed by atoms with Gasteiger partial charge in [-0.15, -0.1) is 0 Å². The molecule has 0 aliphatic heterocycles. The zero-order valence-electron chi connectivity index (χ0n) is 15.5. The molecule has 1 unspecified atom stereocenters. The van der Waals surface area contributed by atoms with Gasteiger partial charge in [0.15, 0.2) is 0 Å². The van der Waals surface area contributed by atoms with E-state index in [0.29, 0.717) is 17.6 Å². The van der Waals surface area contributed by atoms with Gasteiger partial charge in [-0.1, -0.05) is 67.1 Å². The van der Waals surface area contributed by atoms with Gasteiger partial charge in [0.05, 0.1) is 12.4 Å². The van der Waals surface area contributed by atoms with E-state index in [2.05, 4.69) is 67.6 Å². The van der Waals surface area contributed by atoms with E-state index in [1.807, 2.05) is 25.3 Å². The molecule has 0 amide bonds. The van der Waals surface area contributed by atoms with Gasteiger partial charge in [-0.3, -0.25) is 4.99 Å². The molecule has 0 bridgehead atoms. The van der Waals surface area contributed by atoms with E-state index < -0.39 is 0 Å². The van der Waals surface area contributed by atoms with Crippen molar-refractivity contribution in [1.29, 1.82) is 0 Å². The molecule has 1 aliphatic carbocycles. The summed E-state index contributed by atoms with van der Waals surface area (Å²) in [7, 11) is 3.75. The fourth-order valence-corrected chi connectivity index (χ4v) is 7.18. The number of benzene rings is 2. The van der Waals surface area contributed by atoms with E-state index in [0.717, 1.165) is 0 Å². The average molecular weight is 352 g/mol. The Balaban J connectivity index is 1.92. The van der Waals surface area contributed by atoms with Gasteiger partial charge in [0, 0.05) is 14.1 Å². The number of nitrogens with zero attached hydrogens (tertiary/aromatic N) is 2. The minimum absolute atomic E-state index is 0.337. The molecule has 0 heterocycles. The Labute approximate surface area is 153 Å². The van der Waals surface area contributed by atoms with Gasteiger partial charge in [-0.25, -0.2) is 0 Å². The summed E-state index contributed by atoms with van der Waals surface area (Å²) in [6, 6.07) is 22.7. The summed E-state index contributed by atoms with van der Waals surface area (Å²) in [6.45, 7) is 2.30. The van der Waals surface area contributed by atoms with Gasteiger partial charge in [-0.05, 0) is 49.9 Å². The van der Waals surface area contributed by atoms with E-state index in [4.69, 9.17) is 4.99 Å². The molecular formula is C22H29N2P. The normalized spacial score (nSPS) is 21.8. The molecule has 2 nitrogen and oxygen atoms in total. The smallest absolute Gasteiger partial charge is 0.0848 e. The van der Waals surface area contributed by atoms with Gasteiger partial charge in [0.25, 0.3) is 0 Å². The van der Waals surface area contributed by atoms with Crippen molar-refractivity contribution in [3.63, 3.8) is 0 Å². The maximum Gasteiger partial charge on any atom is 0.0848 e. The van der Waals surface area contributed by atoms with Crippen LogP contribution in [0.25, 0.3) is 0 Å². The van der Waals surface area contributed by atoms with Crippen molar-refractivity contribution in [2.24, 2.45) is 10.9 Å². The monoisotopic (exact) mass is 352 g/mol. The van der Waals surface area contributed by atoms with Crippen LogP contribution in [0.1, 0.15) is 26.2 Å². The molecule has 0 radical (unpaired) electrons. The summed E-state index contributed by atoms with van der Waals surface area (Å²) >= 11 is 0. The molecule has 3 heteroatoms. The zero-order chi connectivity index (χ0) is 17.6. The zero-order valence-corrected chi connectivity index (χ0v) is 16.4. The van der Waals surface area contributed by atoms with Crippen molar-refractivity contribution >= 4 is 24.9 Å². The second-order valence-corrected chi connectivity index (χ2v) is 9.61. The lowest BCUT2D eigenvalue weighted by molar-refractivity contribution is 0.462. The maximum absolute atomic E-state index is 4.84. The van der Waals surface area contributed by atoms with E-state index in [1.54, 1.807) is 0 Å². The van der Waals surface area contributed by atoms with Crippen LogP contribution in [0.4, 0.5) is 0 Å². The molecule has 0 N–H and O–H groups in total. The quantitative estimate of drug-likeness (QED) is 0.431. The van der Waals surface area contributed by atoms with Crippen molar-refractivity contribution in [2.45, 2.75) is 37.9 Å². The molecule has 132 valence electrons. The summed E-state index contributed by atoms with van der Waals surface area (Å²) in [6.07, 6.45) is 5.93. The van der Waals surface area contributed by atoms with Gasteiger partial charge in [0.1, 0.15) is 0 Å². The second kappa shape index (κ2) is 8.63. The standard InChI is InChI=1S/C22H29N2P/c1-18(23-17-24(2)3)21-15-10-16-22(21)25(19-11-6-4-7-12-19)20-13-8-5-9-14-20/h4-9,11-14,17-18,21-22H,10,15-16H2,1-3H3/t18-,21+,22?/m1/s1. The third-order valence-corrected chi connectivity index (χ3v) is 8.10. The summed E-state index contributed by atoms with van der Waals surface area (Å²) in [5, 5.41) is 3.01. The van der Waals surface area contributed by atoms with Crippen molar-refractivity contribution in [3.05, 3.63) is 60.7 Å². The highest BCUT2D eigenvalue weighted by Crippen LogP contribution is 2.51. The van der Waals surface area contributed by atoms with Crippen LogP contribution in [0.15, 0.2) is 65.7 Å². The highest BCUT2D eigenvalue weighted by molar-refractivity contribution is 7.73. The molecule has 25 heavy (non-hydrogen) atoms. The molecule has 3 atom stereocenters. The lowest BCUT2D eigenvalue weighted by Gasteiger charge is -2.32. The molecular weight excluding hydrogens is 323 g/mol. The van der Waals surface area contributed by atoms with Crippen LogP contribution in [0.2, 0.25) is 0 Å². The van der Waals surface area contributed by atoms with E-state index in [1.165, 1.54) is 29.9 Å². The Hall–Kier alpha value is -1.66. The summed E-state index contributed by atoms with van der Waals surface area (Å²) in [5.41, 5.74) is 0.717. The van der Waals surface area contributed by atoms with Crippen LogP contribution < -0.4 is 10.6 Å². The first kappa shape index (κ1) is 18.1. The van der Waals surface area contributed by atoms with Crippen molar-refractivity contribution in [1.82, 2.24) is 4.90 Å².